The van der Waals surface area contributed by atoms with Gasteiger partial charge in [0, 0.05) is 11.1 Å². The van der Waals surface area contributed by atoms with Crippen molar-refractivity contribution in [3.05, 3.63) is 45.7 Å². The average Bonchev–Trinajstić information content (AvgIpc) is 3.38. The molecule has 0 aliphatic heterocycles. The van der Waals surface area contributed by atoms with Gasteiger partial charge < -0.3 is 19.3 Å². The maximum atomic E-state index is 12.7. The Hall–Kier alpha value is -3.15. The number of hydrogen-bond donors (Lipinski definition) is 2. The van der Waals surface area contributed by atoms with E-state index in [-0.39, 0.29) is 51.5 Å². The summed E-state index contributed by atoms with van der Waals surface area (Å²) in [5.41, 5.74) is -1.61. The molecule has 6 nitrogen and oxygen atoms in total. The molecular formula is C23H23ClF6N2O4. The van der Waals surface area contributed by atoms with E-state index in [1.807, 2.05) is 13.8 Å². The van der Waals surface area contributed by atoms with Crippen LogP contribution in [0.2, 0.25) is 5.02 Å². The van der Waals surface area contributed by atoms with Gasteiger partial charge in [-0.1, -0.05) is 56.0 Å². The van der Waals surface area contributed by atoms with E-state index in [2.05, 4.69) is 10.3 Å². The van der Waals surface area contributed by atoms with Crippen LogP contribution in [0.15, 0.2) is 27.2 Å². The highest BCUT2D eigenvalue weighted by molar-refractivity contribution is 6.33. The zero-order chi connectivity index (χ0) is 26.1. The Morgan fingerprint density at radius 3 is 1.78 bits per heavy atom. The zero-order valence-corrected chi connectivity index (χ0v) is 19.1. The van der Waals surface area contributed by atoms with E-state index in [0.717, 1.165) is 6.07 Å². The lowest BCUT2D eigenvalue weighted by atomic mass is 10.0. The fourth-order valence-corrected chi connectivity index (χ4v) is 3.75. The average molecular weight is 541 g/mol. The Bertz CT molecular complexity index is 1340. The summed E-state index contributed by atoms with van der Waals surface area (Å²) >= 11 is 5.72. The summed E-state index contributed by atoms with van der Waals surface area (Å²) in [7, 11) is 0. The molecule has 0 spiro atoms. The van der Waals surface area contributed by atoms with Crippen LogP contribution < -0.4 is 0 Å². The molecule has 2 aromatic heterocycles. The first-order chi connectivity index (χ1) is 16.3. The van der Waals surface area contributed by atoms with Gasteiger partial charge in [0.05, 0.1) is 15.8 Å². The number of alkyl halides is 6. The summed E-state index contributed by atoms with van der Waals surface area (Å²) in [6, 6.07) is 3.42. The van der Waals surface area contributed by atoms with E-state index >= 15 is 0 Å². The molecule has 0 unspecified atom stereocenters. The Morgan fingerprint density at radius 2 is 1.28 bits per heavy atom. The molecule has 0 aliphatic carbocycles. The highest BCUT2D eigenvalue weighted by atomic mass is 35.5. The van der Waals surface area contributed by atoms with Gasteiger partial charge >= 0.3 is 12.4 Å². The van der Waals surface area contributed by atoms with Gasteiger partial charge in [-0.15, -0.1) is 0 Å². The predicted octanol–water partition coefficient (Wildman–Crippen LogP) is 8.30. The largest absolute Gasteiger partial charge is 0.508 e. The molecule has 2 aromatic carbocycles. The molecule has 0 saturated heterocycles. The quantitative estimate of drug-likeness (QED) is 0.253. The third kappa shape index (κ3) is 5.63. The first-order valence-corrected chi connectivity index (χ1v) is 10.7. The van der Waals surface area contributed by atoms with Crippen LogP contribution in [-0.2, 0) is 25.2 Å². The molecule has 4 rings (SSSR count). The maximum absolute atomic E-state index is 12.7. The Balaban J connectivity index is 0.000000247. The van der Waals surface area contributed by atoms with Crippen LogP contribution >= 0.6 is 11.6 Å². The second kappa shape index (κ2) is 10.9. The molecule has 0 atom stereocenters. The van der Waals surface area contributed by atoms with Crippen LogP contribution in [0.4, 0.5) is 26.3 Å². The molecule has 0 bridgehead atoms. The number of phenolic OH excluding ortho intramolecular Hbond substituents is 2. The second-order valence-electron chi connectivity index (χ2n) is 7.56. The van der Waals surface area contributed by atoms with Crippen molar-refractivity contribution in [1.29, 1.82) is 0 Å². The van der Waals surface area contributed by atoms with Crippen molar-refractivity contribution < 1.29 is 45.6 Å². The molecule has 0 aliphatic rings. The topological polar surface area (TPSA) is 92.5 Å². The second-order valence-corrected chi connectivity index (χ2v) is 7.97. The lowest BCUT2D eigenvalue weighted by Crippen LogP contribution is -2.05. The first-order valence-electron chi connectivity index (χ1n) is 10.4. The maximum Gasteiger partial charge on any atom is 0.437 e. The number of phenols is 2. The van der Waals surface area contributed by atoms with Crippen LogP contribution in [0.25, 0.3) is 21.9 Å². The highest BCUT2D eigenvalue weighted by Crippen LogP contribution is 2.41. The number of benzene rings is 2. The van der Waals surface area contributed by atoms with Gasteiger partial charge in [-0.25, -0.2) is 0 Å². The van der Waals surface area contributed by atoms with E-state index in [1.54, 1.807) is 0 Å². The molecule has 2 N–H and O–H groups in total. The summed E-state index contributed by atoms with van der Waals surface area (Å²) in [5.74, 6) is -0.319. The van der Waals surface area contributed by atoms with E-state index in [0.29, 0.717) is 31.2 Å². The SMILES string of the molecule is C.CCCc1c(O)c(Cl)cc2c(C(F)(F)F)noc12.CCCc1c(O)ccc2c(C(F)(F)F)noc12. The molecule has 0 fully saturated rings. The van der Waals surface area contributed by atoms with E-state index in [4.69, 9.17) is 20.6 Å². The van der Waals surface area contributed by atoms with Crippen molar-refractivity contribution in [3.8, 4) is 11.5 Å². The molecule has 36 heavy (non-hydrogen) atoms. The molecule has 198 valence electrons. The fraction of sp³-hybridized carbons (Fsp3) is 0.391. The van der Waals surface area contributed by atoms with Crippen LogP contribution in [-0.4, -0.2) is 20.5 Å². The molecule has 0 saturated carbocycles. The third-order valence-corrected chi connectivity index (χ3v) is 5.33. The standard InChI is InChI=1S/C11H9ClF3NO2.C11H10F3NO2.CH4/c1-2-3-5-8(17)7(12)4-6-9(5)18-16-10(6)11(13,14)15;1-2-3-6-8(16)5-4-7-9(6)17-15-10(7)11(12,13)14;/h4,17H,2-3H2,1H3;4-5,16H,2-3H2,1H3;1H4. The Labute approximate surface area is 206 Å². The van der Waals surface area contributed by atoms with Gasteiger partial charge in [0.2, 0.25) is 0 Å². The third-order valence-electron chi connectivity index (χ3n) is 5.04. The lowest BCUT2D eigenvalue weighted by molar-refractivity contribution is -0.142. The van der Waals surface area contributed by atoms with Crippen molar-refractivity contribution in [2.45, 2.75) is 59.3 Å². The fourth-order valence-electron chi connectivity index (χ4n) is 3.53. The molecular weight excluding hydrogens is 518 g/mol. The number of aromatic hydroxyl groups is 2. The van der Waals surface area contributed by atoms with Gasteiger partial charge in [-0.2, -0.15) is 26.3 Å². The van der Waals surface area contributed by atoms with Gasteiger partial charge in [-0.05, 0) is 31.0 Å². The summed E-state index contributed by atoms with van der Waals surface area (Å²) in [5, 5.41) is 24.9. The van der Waals surface area contributed by atoms with Crippen molar-refractivity contribution in [1.82, 2.24) is 10.3 Å². The minimum atomic E-state index is -4.62. The summed E-state index contributed by atoms with van der Waals surface area (Å²) in [6.07, 6.45) is -7.05. The number of halogens is 7. The summed E-state index contributed by atoms with van der Waals surface area (Å²) in [4.78, 5) is 0. The van der Waals surface area contributed by atoms with Crippen LogP contribution in [0.5, 0.6) is 11.5 Å². The van der Waals surface area contributed by atoms with Crippen molar-refractivity contribution in [2.75, 3.05) is 0 Å². The van der Waals surface area contributed by atoms with Gasteiger partial charge in [0.15, 0.2) is 22.6 Å². The van der Waals surface area contributed by atoms with Gasteiger partial charge in [0.1, 0.15) is 11.5 Å². The normalized spacial score (nSPS) is 11.9. The van der Waals surface area contributed by atoms with Crippen LogP contribution in [0.3, 0.4) is 0 Å². The number of aromatic nitrogens is 2. The minimum absolute atomic E-state index is 0. The monoisotopic (exact) mass is 540 g/mol. The highest BCUT2D eigenvalue weighted by Gasteiger charge is 2.38. The van der Waals surface area contributed by atoms with Gasteiger partial charge in [-0.3, -0.25) is 0 Å². The molecule has 4 aromatic rings. The minimum Gasteiger partial charge on any atom is -0.508 e. The number of aryl methyl sites for hydroxylation is 2. The number of hydrogen-bond acceptors (Lipinski definition) is 6. The Kier molecular flexibility index (Phi) is 8.77. The van der Waals surface area contributed by atoms with Crippen molar-refractivity contribution in [2.24, 2.45) is 0 Å². The molecule has 0 amide bonds. The first kappa shape index (κ1) is 29.1. The molecule has 0 radical (unpaired) electrons. The predicted molar refractivity (Wildman–Crippen MR) is 121 cm³/mol. The van der Waals surface area contributed by atoms with Crippen molar-refractivity contribution >= 4 is 33.5 Å². The Morgan fingerprint density at radius 1 is 0.806 bits per heavy atom. The van der Waals surface area contributed by atoms with E-state index in [1.165, 1.54) is 12.1 Å². The summed E-state index contributed by atoms with van der Waals surface area (Å²) in [6.45, 7) is 3.69. The smallest absolute Gasteiger partial charge is 0.437 e. The number of rotatable bonds is 4. The van der Waals surface area contributed by atoms with E-state index < -0.39 is 23.7 Å². The number of nitrogens with zero attached hydrogens (tertiary/aromatic N) is 2. The molecule has 2 heterocycles. The van der Waals surface area contributed by atoms with Crippen LogP contribution in [0, 0.1) is 0 Å². The lowest BCUT2D eigenvalue weighted by Gasteiger charge is -2.06. The summed E-state index contributed by atoms with van der Waals surface area (Å²) < 4.78 is 85.2. The van der Waals surface area contributed by atoms with Crippen LogP contribution in [0.1, 0.15) is 56.6 Å². The van der Waals surface area contributed by atoms with E-state index in [9.17, 15) is 36.6 Å². The van der Waals surface area contributed by atoms with Gasteiger partial charge in [0.25, 0.3) is 0 Å². The molecule has 13 heteroatoms. The number of fused-ring (bicyclic) bond motifs is 2. The van der Waals surface area contributed by atoms with Crippen molar-refractivity contribution in [3.63, 3.8) is 0 Å². The zero-order valence-electron chi connectivity index (χ0n) is 18.3.